The average Bonchev–Trinajstić information content (AvgIpc) is 3.06. The number of rotatable bonds is 2. The Kier molecular flexibility index (Phi) is 3.76. The van der Waals surface area contributed by atoms with Gasteiger partial charge in [0, 0.05) is 18.1 Å². The van der Waals surface area contributed by atoms with Crippen LogP contribution in [0.1, 0.15) is 30.0 Å². The number of benzene rings is 1. The highest BCUT2D eigenvalue weighted by molar-refractivity contribution is 6.30. The van der Waals surface area contributed by atoms with Gasteiger partial charge in [0.05, 0.1) is 12.0 Å². The second-order valence-electron chi connectivity index (χ2n) is 5.65. The highest BCUT2D eigenvalue weighted by Gasteiger charge is 2.32. The van der Waals surface area contributed by atoms with Gasteiger partial charge in [-0.3, -0.25) is 4.79 Å². The van der Waals surface area contributed by atoms with Crippen molar-refractivity contribution in [2.45, 2.75) is 25.3 Å². The second kappa shape index (κ2) is 5.56. The molecule has 1 fully saturated rings. The summed E-state index contributed by atoms with van der Waals surface area (Å²) >= 11 is 5.97. The molecular weight excluding hydrogens is 292 g/mol. The average molecular weight is 309 g/mol. The molecule has 1 aliphatic heterocycles. The van der Waals surface area contributed by atoms with Crippen LogP contribution in [0.2, 0.25) is 5.02 Å². The van der Waals surface area contributed by atoms with Crippen LogP contribution in [0.25, 0.3) is 0 Å². The van der Waals surface area contributed by atoms with Crippen LogP contribution in [0.15, 0.2) is 18.2 Å². The normalized spacial score (nSPS) is 24.0. The van der Waals surface area contributed by atoms with Crippen molar-refractivity contribution in [3.8, 4) is 0 Å². The lowest BCUT2D eigenvalue weighted by atomic mass is 10.1. The topological polar surface area (TPSA) is 69.6 Å². The number of nitrogens with one attached hydrogen (secondary N) is 1. The highest BCUT2D eigenvalue weighted by Crippen LogP contribution is 2.33. The van der Waals surface area contributed by atoms with Gasteiger partial charge in [-0.05, 0) is 42.5 Å². The molecule has 0 radical (unpaired) electrons. The summed E-state index contributed by atoms with van der Waals surface area (Å²) in [5, 5.41) is 12.7. The number of likely N-dealkylation sites (tertiary alicyclic amines) is 1. The van der Waals surface area contributed by atoms with Gasteiger partial charge >= 0.3 is 12.0 Å². The van der Waals surface area contributed by atoms with Gasteiger partial charge < -0.3 is 15.3 Å². The van der Waals surface area contributed by atoms with Gasteiger partial charge in [0.25, 0.3) is 0 Å². The summed E-state index contributed by atoms with van der Waals surface area (Å²) in [5.74, 6) is -1.27. The first-order valence-electron chi connectivity index (χ1n) is 7.11. The lowest BCUT2D eigenvalue weighted by molar-refractivity contribution is -0.141. The molecule has 0 spiro atoms. The zero-order valence-electron chi connectivity index (χ0n) is 11.5. The van der Waals surface area contributed by atoms with Crippen molar-refractivity contribution in [2.75, 3.05) is 13.1 Å². The van der Waals surface area contributed by atoms with Crippen molar-refractivity contribution in [3.05, 3.63) is 34.3 Å². The van der Waals surface area contributed by atoms with Gasteiger partial charge in [-0.15, -0.1) is 0 Å². The summed E-state index contributed by atoms with van der Waals surface area (Å²) in [6.45, 7) is 0.796. The minimum absolute atomic E-state index is 0.00588. The van der Waals surface area contributed by atoms with E-state index in [1.807, 2.05) is 18.2 Å². The molecular formula is C15H17ClN2O3. The van der Waals surface area contributed by atoms with Crippen LogP contribution in [0, 0.1) is 5.92 Å². The van der Waals surface area contributed by atoms with E-state index in [0.29, 0.717) is 24.5 Å². The van der Waals surface area contributed by atoms with Crippen LogP contribution >= 0.6 is 11.6 Å². The van der Waals surface area contributed by atoms with Crippen molar-refractivity contribution in [1.82, 2.24) is 10.2 Å². The number of amides is 2. The maximum absolute atomic E-state index is 12.2. The fourth-order valence-corrected chi connectivity index (χ4v) is 3.32. The van der Waals surface area contributed by atoms with Crippen molar-refractivity contribution < 1.29 is 14.7 Å². The number of fused-ring (bicyclic) bond motifs is 1. The Morgan fingerprint density at radius 3 is 2.86 bits per heavy atom. The summed E-state index contributed by atoms with van der Waals surface area (Å²) in [6, 6.07) is 5.56. The number of carbonyl (C=O) groups excluding carboxylic acids is 1. The number of hydrogen-bond donors (Lipinski definition) is 2. The summed E-state index contributed by atoms with van der Waals surface area (Å²) in [6.07, 6.45) is 2.29. The predicted octanol–water partition coefficient (Wildman–Crippen LogP) is 2.44. The Balaban J connectivity index is 1.64. The molecule has 1 aliphatic carbocycles. The Hall–Kier alpha value is -1.75. The molecule has 112 valence electrons. The third kappa shape index (κ3) is 2.83. The Labute approximate surface area is 127 Å². The second-order valence-corrected chi connectivity index (χ2v) is 6.09. The Morgan fingerprint density at radius 1 is 1.33 bits per heavy atom. The fourth-order valence-electron chi connectivity index (χ4n) is 3.12. The number of carboxylic acids is 1. The summed E-state index contributed by atoms with van der Waals surface area (Å²) in [7, 11) is 0. The molecule has 1 aromatic rings. The van der Waals surface area contributed by atoms with Crippen LogP contribution < -0.4 is 5.32 Å². The Bertz CT molecular complexity index is 590. The van der Waals surface area contributed by atoms with E-state index in [2.05, 4.69) is 5.32 Å². The minimum atomic E-state index is -0.828. The smallest absolute Gasteiger partial charge is 0.317 e. The number of aryl methyl sites for hydroxylation is 1. The van der Waals surface area contributed by atoms with Crippen molar-refractivity contribution in [2.24, 2.45) is 5.92 Å². The zero-order valence-corrected chi connectivity index (χ0v) is 12.3. The van der Waals surface area contributed by atoms with E-state index in [-0.39, 0.29) is 12.1 Å². The van der Waals surface area contributed by atoms with Crippen LogP contribution in [0.3, 0.4) is 0 Å². The molecule has 5 nitrogen and oxygen atoms in total. The number of carbonyl (C=O) groups is 2. The summed E-state index contributed by atoms with van der Waals surface area (Å²) < 4.78 is 0. The molecule has 1 saturated heterocycles. The van der Waals surface area contributed by atoms with E-state index < -0.39 is 11.9 Å². The molecule has 2 amide bonds. The van der Waals surface area contributed by atoms with Gasteiger partial charge in [0.15, 0.2) is 0 Å². The molecule has 3 rings (SSSR count). The lowest BCUT2D eigenvalue weighted by Crippen LogP contribution is -2.40. The number of nitrogens with zero attached hydrogens (tertiary/aromatic N) is 1. The van der Waals surface area contributed by atoms with Gasteiger partial charge in [-0.1, -0.05) is 17.7 Å². The fraction of sp³-hybridized carbons (Fsp3) is 0.467. The first-order chi connectivity index (χ1) is 10.0. The molecule has 0 bridgehead atoms. The third-order valence-electron chi connectivity index (χ3n) is 4.31. The zero-order chi connectivity index (χ0) is 15.0. The SMILES string of the molecule is O=C(O)C1CCN(C(=O)NC2CCc3cc(Cl)ccc32)C1. The van der Waals surface area contributed by atoms with Crippen molar-refractivity contribution in [3.63, 3.8) is 0 Å². The summed E-state index contributed by atoms with van der Waals surface area (Å²) in [5.41, 5.74) is 2.29. The lowest BCUT2D eigenvalue weighted by Gasteiger charge is -2.21. The maximum Gasteiger partial charge on any atom is 0.317 e. The van der Waals surface area contributed by atoms with Crippen molar-refractivity contribution >= 4 is 23.6 Å². The van der Waals surface area contributed by atoms with Gasteiger partial charge in [0.2, 0.25) is 0 Å². The minimum Gasteiger partial charge on any atom is -0.481 e. The molecule has 0 aromatic heterocycles. The Morgan fingerprint density at radius 2 is 2.14 bits per heavy atom. The van der Waals surface area contributed by atoms with E-state index in [0.717, 1.165) is 18.4 Å². The molecule has 21 heavy (non-hydrogen) atoms. The van der Waals surface area contributed by atoms with E-state index in [1.54, 1.807) is 4.90 Å². The van der Waals surface area contributed by atoms with Crippen LogP contribution in [-0.4, -0.2) is 35.1 Å². The molecule has 1 aromatic carbocycles. The first-order valence-corrected chi connectivity index (χ1v) is 7.49. The van der Waals surface area contributed by atoms with Crippen LogP contribution in [0.4, 0.5) is 4.79 Å². The van der Waals surface area contributed by atoms with Crippen LogP contribution in [0.5, 0.6) is 0 Å². The molecule has 1 heterocycles. The van der Waals surface area contributed by atoms with Gasteiger partial charge in [0.1, 0.15) is 0 Å². The first kappa shape index (κ1) is 14.2. The van der Waals surface area contributed by atoms with Gasteiger partial charge in [-0.2, -0.15) is 0 Å². The van der Waals surface area contributed by atoms with Crippen molar-refractivity contribution in [1.29, 1.82) is 0 Å². The quantitative estimate of drug-likeness (QED) is 0.881. The monoisotopic (exact) mass is 308 g/mol. The molecule has 2 aliphatic rings. The molecule has 2 atom stereocenters. The molecule has 2 unspecified atom stereocenters. The molecule has 0 saturated carbocycles. The standard InChI is InChI=1S/C15H17ClN2O3/c16-11-2-3-12-9(7-11)1-4-13(12)17-15(21)18-6-5-10(8-18)14(19)20/h2-3,7,10,13H,1,4-6,8H2,(H,17,21)(H,19,20). The predicted molar refractivity (Wildman–Crippen MR) is 78.4 cm³/mol. The number of hydrogen-bond acceptors (Lipinski definition) is 2. The number of aliphatic carboxylic acids is 1. The molecule has 6 heteroatoms. The number of halogens is 1. The van der Waals surface area contributed by atoms with Gasteiger partial charge in [-0.25, -0.2) is 4.79 Å². The van der Waals surface area contributed by atoms with E-state index >= 15 is 0 Å². The molecule has 2 N–H and O–H groups in total. The van der Waals surface area contributed by atoms with Crippen LogP contribution in [-0.2, 0) is 11.2 Å². The third-order valence-corrected chi connectivity index (χ3v) is 4.54. The van der Waals surface area contributed by atoms with E-state index in [9.17, 15) is 9.59 Å². The van der Waals surface area contributed by atoms with E-state index in [4.69, 9.17) is 16.7 Å². The number of urea groups is 1. The van der Waals surface area contributed by atoms with E-state index in [1.165, 1.54) is 5.56 Å². The number of carboxylic acid groups (broad SMARTS) is 1. The summed E-state index contributed by atoms with van der Waals surface area (Å²) in [4.78, 5) is 24.8. The highest BCUT2D eigenvalue weighted by atomic mass is 35.5. The largest absolute Gasteiger partial charge is 0.481 e. The maximum atomic E-state index is 12.2.